The Hall–Kier alpha value is -3.25. The molecule has 0 N–H and O–H groups in total. The van der Waals surface area contributed by atoms with E-state index >= 15 is 0 Å². The van der Waals surface area contributed by atoms with Crippen molar-refractivity contribution in [3.05, 3.63) is 59.2 Å². The fraction of sp³-hybridized carbons (Fsp3) is 0.385. The average molecular weight is 602 g/mol. The Labute approximate surface area is 229 Å². The highest BCUT2D eigenvalue weighted by Gasteiger charge is 2.29. The second-order valence-corrected chi connectivity index (χ2v) is 13.1. The first kappa shape index (κ1) is 26.4. The summed E-state index contributed by atoms with van der Waals surface area (Å²) in [6, 6.07) is 6.82. The van der Waals surface area contributed by atoms with Crippen molar-refractivity contribution in [2.24, 2.45) is 0 Å². The second kappa shape index (κ2) is 9.81. The van der Waals surface area contributed by atoms with Crippen LogP contribution in [-0.2, 0) is 14.8 Å². The normalized spacial score (nSPS) is 15.2. The molecule has 1 aliphatic heterocycles. The minimum Gasteiger partial charge on any atom is -0.444 e. The third kappa shape index (κ3) is 5.06. The van der Waals surface area contributed by atoms with E-state index < -0.39 is 15.6 Å². The predicted molar refractivity (Wildman–Crippen MR) is 146 cm³/mol. The van der Waals surface area contributed by atoms with E-state index in [9.17, 15) is 13.2 Å². The number of rotatable bonds is 4. The summed E-state index contributed by atoms with van der Waals surface area (Å²) in [7, 11) is -3.86. The van der Waals surface area contributed by atoms with E-state index in [1.165, 1.54) is 16.5 Å². The van der Waals surface area contributed by atoms with Crippen LogP contribution in [0, 0.1) is 6.92 Å². The summed E-state index contributed by atoms with van der Waals surface area (Å²) in [5.74, 6) is 0. The molecule has 4 heterocycles. The molecule has 0 radical (unpaired) electrons. The summed E-state index contributed by atoms with van der Waals surface area (Å²) in [5.41, 5.74) is 2.05. The summed E-state index contributed by atoms with van der Waals surface area (Å²) in [6.45, 7) is 8.64. The molecule has 0 bridgehead atoms. The van der Waals surface area contributed by atoms with Gasteiger partial charge >= 0.3 is 6.09 Å². The van der Waals surface area contributed by atoms with Crippen LogP contribution in [0.2, 0.25) is 0 Å². The van der Waals surface area contributed by atoms with Crippen LogP contribution >= 0.6 is 15.9 Å². The van der Waals surface area contributed by atoms with E-state index in [1.807, 2.05) is 38.6 Å². The maximum atomic E-state index is 13.4. The summed E-state index contributed by atoms with van der Waals surface area (Å²) < 4.78 is 36.0. The molecular weight excluding hydrogens is 572 g/mol. The number of halogens is 1. The zero-order chi connectivity index (χ0) is 27.2. The van der Waals surface area contributed by atoms with E-state index in [2.05, 4.69) is 31.0 Å². The van der Waals surface area contributed by atoms with Crippen LogP contribution < -0.4 is 0 Å². The van der Waals surface area contributed by atoms with Crippen LogP contribution in [0.15, 0.2) is 58.6 Å². The molecule has 200 valence electrons. The van der Waals surface area contributed by atoms with E-state index in [0.717, 1.165) is 24.0 Å². The van der Waals surface area contributed by atoms with Crippen LogP contribution in [-0.4, -0.2) is 61.8 Å². The largest absolute Gasteiger partial charge is 0.444 e. The molecule has 1 aliphatic rings. The van der Waals surface area contributed by atoms with Crippen molar-refractivity contribution in [3.63, 3.8) is 0 Å². The van der Waals surface area contributed by atoms with Gasteiger partial charge in [0, 0.05) is 35.5 Å². The summed E-state index contributed by atoms with van der Waals surface area (Å²) >= 11 is 3.52. The monoisotopic (exact) mass is 600 g/mol. The average Bonchev–Trinajstić information content (AvgIpc) is 3.49. The zero-order valence-electron chi connectivity index (χ0n) is 21.6. The highest BCUT2D eigenvalue weighted by Crippen LogP contribution is 2.35. The molecule has 0 atom stereocenters. The lowest BCUT2D eigenvalue weighted by Crippen LogP contribution is -2.42. The molecular formula is C26H29BrN6O4S. The van der Waals surface area contributed by atoms with Crippen LogP contribution in [0.5, 0.6) is 0 Å². The zero-order valence-corrected chi connectivity index (χ0v) is 24.0. The van der Waals surface area contributed by atoms with Crippen LogP contribution in [0.1, 0.15) is 45.2 Å². The summed E-state index contributed by atoms with van der Waals surface area (Å²) in [4.78, 5) is 23.1. The molecule has 4 aromatic rings. The number of carbonyl (C=O) groups is 1. The molecule has 3 aromatic heterocycles. The quantitative estimate of drug-likeness (QED) is 0.317. The molecule has 0 aliphatic carbocycles. The molecule has 10 nitrogen and oxygen atoms in total. The van der Waals surface area contributed by atoms with Gasteiger partial charge in [-0.3, -0.25) is 4.68 Å². The number of aryl methyl sites for hydroxylation is 1. The topological polar surface area (TPSA) is 112 Å². The van der Waals surface area contributed by atoms with E-state index in [1.54, 1.807) is 35.4 Å². The molecule has 12 heteroatoms. The van der Waals surface area contributed by atoms with E-state index in [4.69, 9.17) is 4.74 Å². The van der Waals surface area contributed by atoms with Crippen molar-refractivity contribution in [2.75, 3.05) is 13.1 Å². The Morgan fingerprint density at radius 3 is 2.42 bits per heavy atom. The minimum absolute atomic E-state index is 0.120. The first-order valence-corrected chi connectivity index (χ1v) is 14.5. The van der Waals surface area contributed by atoms with Crippen molar-refractivity contribution >= 4 is 43.1 Å². The van der Waals surface area contributed by atoms with Gasteiger partial charge < -0.3 is 9.64 Å². The van der Waals surface area contributed by atoms with Gasteiger partial charge in [0.1, 0.15) is 11.9 Å². The van der Waals surface area contributed by atoms with Crippen LogP contribution in [0.3, 0.4) is 0 Å². The number of aromatic nitrogens is 5. The fourth-order valence-corrected chi connectivity index (χ4v) is 6.54. The number of nitrogens with zero attached hydrogens (tertiary/aromatic N) is 6. The summed E-state index contributed by atoms with van der Waals surface area (Å²) in [5, 5.41) is 5.16. The molecule has 0 saturated carbocycles. The van der Waals surface area contributed by atoms with Gasteiger partial charge in [0.25, 0.3) is 10.0 Å². The van der Waals surface area contributed by atoms with Gasteiger partial charge in [0.2, 0.25) is 0 Å². The Kier molecular flexibility index (Phi) is 6.80. The Morgan fingerprint density at radius 2 is 1.76 bits per heavy atom. The minimum atomic E-state index is -3.86. The number of hydrogen-bond donors (Lipinski definition) is 0. The van der Waals surface area contributed by atoms with Crippen molar-refractivity contribution in [2.45, 2.75) is 57.1 Å². The van der Waals surface area contributed by atoms with Gasteiger partial charge in [-0.25, -0.2) is 27.2 Å². The number of hydrogen-bond acceptors (Lipinski definition) is 7. The first-order valence-electron chi connectivity index (χ1n) is 12.3. The first-order chi connectivity index (χ1) is 17.9. The van der Waals surface area contributed by atoms with Gasteiger partial charge in [0.05, 0.1) is 28.2 Å². The van der Waals surface area contributed by atoms with Gasteiger partial charge in [0.15, 0.2) is 5.65 Å². The van der Waals surface area contributed by atoms with Crippen LogP contribution in [0.25, 0.3) is 22.3 Å². The number of carbonyl (C=O) groups excluding carboxylic acids is 1. The number of likely N-dealkylation sites (tertiary alicyclic amines) is 1. The van der Waals surface area contributed by atoms with E-state index in [-0.39, 0.29) is 22.7 Å². The highest BCUT2D eigenvalue weighted by molar-refractivity contribution is 9.10. The maximum absolute atomic E-state index is 13.4. The van der Waals surface area contributed by atoms with Gasteiger partial charge in [-0.1, -0.05) is 17.7 Å². The van der Waals surface area contributed by atoms with Crippen LogP contribution in [0.4, 0.5) is 4.79 Å². The van der Waals surface area contributed by atoms with Gasteiger partial charge in [-0.15, -0.1) is 0 Å². The third-order valence-corrected chi connectivity index (χ3v) is 8.71. The van der Waals surface area contributed by atoms with E-state index in [0.29, 0.717) is 28.6 Å². The van der Waals surface area contributed by atoms with Crippen molar-refractivity contribution < 1.29 is 17.9 Å². The molecule has 1 saturated heterocycles. The molecule has 1 amide bonds. The standard InChI is InChI=1S/C26H29BrN6O4S/c1-17-5-7-20(8-6-17)38(35,36)33-15-21(27)22-23(28-16-29-24(22)33)18-13-30-32(14-18)19-9-11-31(12-10-19)25(34)37-26(2,3)4/h5-8,13-16,19H,9-12H2,1-4H3. The number of piperidine rings is 1. The number of ether oxygens (including phenoxy) is 1. The second-order valence-electron chi connectivity index (χ2n) is 10.4. The molecule has 1 fully saturated rings. The molecule has 38 heavy (non-hydrogen) atoms. The predicted octanol–water partition coefficient (Wildman–Crippen LogP) is 5.17. The summed E-state index contributed by atoms with van der Waals surface area (Å²) in [6.07, 6.45) is 7.70. The van der Waals surface area contributed by atoms with Gasteiger partial charge in [-0.2, -0.15) is 5.10 Å². The Bertz CT molecular complexity index is 1600. The lowest BCUT2D eigenvalue weighted by molar-refractivity contribution is 0.0185. The third-order valence-electron chi connectivity index (χ3n) is 6.45. The SMILES string of the molecule is Cc1ccc(S(=O)(=O)n2cc(Br)c3c(-c4cnn(C5CCN(C(=O)OC(C)(C)C)CC5)c4)ncnc32)cc1. The number of amides is 1. The smallest absolute Gasteiger partial charge is 0.410 e. The fourth-order valence-electron chi connectivity index (χ4n) is 4.52. The lowest BCUT2D eigenvalue weighted by atomic mass is 10.1. The maximum Gasteiger partial charge on any atom is 0.410 e. The Balaban J connectivity index is 1.41. The van der Waals surface area contributed by atoms with Crippen molar-refractivity contribution in [1.82, 2.24) is 28.6 Å². The number of fused-ring (bicyclic) bond motifs is 1. The van der Waals surface area contributed by atoms with Gasteiger partial charge in [-0.05, 0) is 68.6 Å². The highest BCUT2D eigenvalue weighted by atomic mass is 79.9. The molecule has 0 spiro atoms. The lowest BCUT2D eigenvalue weighted by Gasteiger charge is -2.33. The number of benzene rings is 1. The van der Waals surface area contributed by atoms with Crippen molar-refractivity contribution in [1.29, 1.82) is 0 Å². The Morgan fingerprint density at radius 1 is 1.08 bits per heavy atom. The molecule has 1 aromatic carbocycles. The molecule has 5 rings (SSSR count). The molecule has 0 unspecified atom stereocenters. The van der Waals surface area contributed by atoms with Crippen molar-refractivity contribution in [3.8, 4) is 11.3 Å².